The SMILES string of the molecule is O=C(Nc1ccc(C2CCN(C(=O)O)CC2)cc1F)C1CN(c2cccnn2)C1. The number of rotatable bonds is 4. The predicted octanol–water partition coefficient (Wildman–Crippen LogP) is 2.55. The van der Waals surface area contributed by atoms with E-state index in [0.29, 0.717) is 39.0 Å². The fourth-order valence-electron chi connectivity index (χ4n) is 3.82. The van der Waals surface area contributed by atoms with Crippen LogP contribution in [0.3, 0.4) is 0 Å². The molecule has 2 saturated heterocycles. The summed E-state index contributed by atoms with van der Waals surface area (Å²) in [5.41, 5.74) is 1.00. The van der Waals surface area contributed by atoms with E-state index in [2.05, 4.69) is 15.5 Å². The van der Waals surface area contributed by atoms with Gasteiger partial charge < -0.3 is 20.2 Å². The average molecular weight is 399 g/mol. The maximum Gasteiger partial charge on any atom is 0.407 e. The van der Waals surface area contributed by atoms with Crippen LogP contribution in [0.2, 0.25) is 0 Å². The number of likely N-dealkylation sites (tertiary alicyclic amines) is 1. The molecule has 0 bridgehead atoms. The van der Waals surface area contributed by atoms with E-state index >= 15 is 0 Å². The van der Waals surface area contributed by atoms with Crippen molar-refractivity contribution in [2.45, 2.75) is 18.8 Å². The molecule has 0 aliphatic carbocycles. The van der Waals surface area contributed by atoms with Crippen molar-refractivity contribution in [1.29, 1.82) is 0 Å². The number of piperidine rings is 1. The highest BCUT2D eigenvalue weighted by Crippen LogP contribution is 2.31. The van der Waals surface area contributed by atoms with Crippen LogP contribution < -0.4 is 10.2 Å². The van der Waals surface area contributed by atoms with Gasteiger partial charge in [-0.05, 0) is 48.6 Å². The van der Waals surface area contributed by atoms with Crippen molar-refractivity contribution in [3.63, 3.8) is 0 Å². The summed E-state index contributed by atoms with van der Waals surface area (Å²) in [6, 6.07) is 8.47. The van der Waals surface area contributed by atoms with Gasteiger partial charge in [-0.3, -0.25) is 4.79 Å². The Morgan fingerprint density at radius 2 is 1.93 bits per heavy atom. The van der Waals surface area contributed by atoms with Crippen LogP contribution >= 0.6 is 0 Å². The fourth-order valence-corrected chi connectivity index (χ4v) is 3.82. The van der Waals surface area contributed by atoms with Gasteiger partial charge in [0.15, 0.2) is 5.82 Å². The average Bonchev–Trinajstić information content (AvgIpc) is 2.69. The lowest BCUT2D eigenvalue weighted by Crippen LogP contribution is -2.52. The van der Waals surface area contributed by atoms with Crippen LogP contribution in [0.5, 0.6) is 0 Å². The van der Waals surface area contributed by atoms with E-state index in [1.54, 1.807) is 18.3 Å². The van der Waals surface area contributed by atoms with Gasteiger partial charge in [0.05, 0.1) is 11.6 Å². The van der Waals surface area contributed by atoms with Gasteiger partial charge in [0.25, 0.3) is 0 Å². The highest BCUT2D eigenvalue weighted by Gasteiger charge is 2.34. The molecule has 152 valence electrons. The molecule has 4 rings (SSSR count). The molecule has 2 aromatic rings. The highest BCUT2D eigenvalue weighted by atomic mass is 19.1. The summed E-state index contributed by atoms with van der Waals surface area (Å²) in [6.07, 6.45) is 2.01. The fraction of sp³-hybridized carbons (Fsp3) is 0.400. The highest BCUT2D eigenvalue weighted by molar-refractivity contribution is 5.94. The van der Waals surface area contributed by atoms with Crippen LogP contribution in [-0.2, 0) is 4.79 Å². The normalized spacial score (nSPS) is 17.7. The summed E-state index contributed by atoms with van der Waals surface area (Å²) in [5.74, 6) is -0.0670. The number of anilines is 2. The molecular formula is C20H22FN5O3. The molecule has 0 saturated carbocycles. The number of hydrogen-bond acceptors (Lipinski definition) is 5. The summed E-state index contributed by atoms with van der Waals surface area (Å²) in [6.45, 7) is 1.94. The smallest absolute Gasteiger partial charge is 0.407 e. The van der Waals surface area contributed by atoms with Crippen molar-refractivity contribution in [2.75, 3.05) is 36.4 Å². The first-order valence-corrected chi connectivity index (χ1v) is 9.62. The molecule has 1 aromatic heterocycles. The standard InChI is InChI=1S/C20H22FN5O3/c21-16-10-14(13-5-8-25(9-6-13)20(28)29)3-4-17(16)23-19(27)15-11-26(12-15)18-2-1-7-22-24-18/h1-4,7,10,13,15H,5-6,8-9,11-12H2,(H,23,27)(H,28,29). The molecule has 9 heteroatoms. The van der Waals surface area contributed by atoms with Crippen LogP contribution in [0.25, 0.3) is 0 Å². The molecule has 0 spiro atoms. The summed E-state index contributed by atoms with van der Waals surface area (Å²) in [7, 11) is 0. The Morgan fingerprint density at radius 3 is 2.55 bits per heavy atom. The first-order valence-electron chi connectivity index (χ1n) is 9.62. The third-order valence-electron chi connectivity index (χ3n) is 5.62. The van der Waals surface area contributed by atoms with E-state index in [-0.39, 0.29) is 23.4 Å². The number of aromatic nitrogens is 2. The monoisotopic (exact) mass is 399 g/mol. The molecule has 1 aromatic carbocycles. The summed E-state index contributed by atoms with van der Waals surface area (Å²) < 4.78 is 14.5. The van der Waals surface area contributed by atoms with Crippen molar-refractivity contribution < 1.29 is 19.1 Å². The molecule has 0 atom stereocenters. The summed E-state index contributed by atoms with van der Waals surface area (Å²) in [4.78, 5) is 26.7. The van der Waals surface area contributed by atoms with Gasteiger partial charge in [-0.25, -0.2) is 9.18 Å². The first kappa shape index (κ1) is 19.1. The Hall–Kier alpha value is -3.23. The molecule has 3 heterocycles. The number of benzene rings is 1. The maximum atomic E-state index is 14.5. The zero-order chi connectivity index (χ0) is 20.4. The van der Waals surface area contributed by atoms with Crippen LogP contribution in [0.1, 0.15) is 24.3 Å². The van der Waals surface area contributed by atoms with Gasteiger partial charge >= 0.3 is 6.09 Å². The minimum absolute atomic E-state index is 0.122. The maximum absolute atomic E-state index is 14.5. The zero-order valence-corrected chi connectivity index (χ0v) is 15.8. The molecule has 0 radical (unpaired) electrons. The Labute approximate surface area is 167 Å². The molecule has 2 aliphatic rings. The van der Waals surface area contributed by atoms with Crippen molar-refractivity contribution in [1.82, 2.24) is 15.1 Å². The molecule has 8 nitrogen and oxygen atoms in total. The van der Waals surface area contributed by atoms with Crippen molar-refractivity contribution in [3.05, 3.63) is 47.9 Å². The van der Waals surface area contributed by atoms with Gasteiger partial charge in [-0.15, -0.1) is 5.10 Å². The van der Waals surface area contributed by atoms with Crippen molar-refractivity contribution >= 4 is 23.5 Å². The van der Waals surface area contributed by atoms with E-state index in [4.69, 9.17) is 5.11 Å². The van der Waals surface area contributed by atoms with Crippen molar-refractivity contribution in [3.8, 4) is 0 Å². The molecule has 2 N–H and O–H groups in total. The molecule has 2 aliphatic heterocycles. The van der Waals surface area contributed by atoms with E-state index in [1.807, 2.05) is 17.0 Å². The number of carbonyl (C=O) groups is 2. The molecular weight excluding hydrogens is 377 g/mol. The zero-order valence-electron chi connectivity index (χ0n) is 15.8. The van der Waals surface area contributed by atoms with Crippen LogP contribution in [-0.4, -0.2) is 58.4 Å². The second kappa shape index (κ2) is 8.02. The minimum atomic E-state index is -0.915. The number of nitrogens with one attached hydrogen (secondary N) is 1. The van der Waals surface area contributed by atoms with Gasteiger partial charge in [0.2, 0.25) is 5.91 Å². The number of halogens is 1. The van der Waals surface area contributed by atoms with Crippen LogP contribution in [0, 0.1) is 11.7 Å². The summed E-state index contributed by atoms with van der Waals surface area (Å²) >= 11 is 0. The molecule has 29 heavy (non-hydrogen) atoms. The largest absolute Gasteiger partial charge is 0.465 e. The van der Waals surface area contributed by atoms with E-state index in [0.717, 1.165) is 11.4 Å². The van der Waals surface area contributed by atoms with E-state index in [1.165, 1.54) is 11.0 Å². The Kier molecular flexibility index (Phi) is 5.28. The molecule has 2 fully saturated rings. The van der Waals surface area contributed by atoms with Gasteiger partial charge in [-0.1, -0.05) is 6.07 Å². The predicted molar refractivity (Wildman–Crippen MR) is 104 cm³/mol. The number of amides is 2. The molecule has 0 unspecified atom stereocenters. The minimum Gasteiger partial charge on any atom is -0.465 e. The second-order valence-corrected chi connectivity index (χ2v) is 7.46. The second-order valence-electron chi connectivity index (χ2n) is 7.46. The lowest BCUT2D eigenvalue weighted by molar-refractivity contribution is -0.120. The van der Waals surface area contributed by atoms with E-state index < -0.39 is 11.9 Å². The first-order chi connectivity index (χ1) is 14.0. The lowest BCUT2D eigenvalue weighted by atomic mass is 9.89. The van der Waals surface area contributed by atoms with Gasteiger partial charge in [0.1, 0.15) is 5.82 Å². The Morgan fingerprint density at radius 1 is 1.17 bits per heavy atom. The van der Waals surface area contributed by atoms with Crippen LogP contribution in [0.15, 0.2) is 36.5 Å². The van der Waals surface area contributed by atoms with Crippen LogP contribution in [0.4, 0.5) is 20.7 Å². The number of carboxylic acid groups (broad SMARTS) is 1. The van der Waals surface area contributed by atoms with E-state index in [9.17, 15) is 14.0 Å². The van der Waals surface area contributed by atoms with Gasteiger partial charge in [-0.2, -0.15) is 5.10 Å². The lowest BCUT2D eigenvalue weighted by Gasteiger charge is -2.38. The quantitative estimate of drug-likeness (QED) is 0.820. The number of hydrogen-bond donors (Lipinski definition) is 2. The summed E-state index contributed by atoms with van der Waals surface area (Å²) in [5, 5.41) is 19.5. The number of carbonyl (C=O) groups excluding carboxylic acids is 1. The van der Waals surface area contributed by atoms with Crippen molar-refractivity contribution in [2.24, 2.45) is 5.92 Å². The third kappa shape index (κ3) is 4.13. The Balaban J connectivity index is 1.32. The Bertz CT molecular complexity index is 896. The third-order valence-corrected chi connectivity index (χ3v) is 5.62. The topological polar surface area (TPSA) is 98.7 Å². The van der Waals surface area contributed by atoms with Gasteiger partial charge in [0, 0.05) is 32.4 Å². The number of nitrogens with zero attached hydrogens (tertiary/aromatic N) is 4. The molecule has 2 amide bonds.